The van der Waals surface area contributed by atoms with Crippen molar-refractivity contribution in [1.29, 1.82) is 0 Å². The van der Waals surface area contributed by atoms with E-state index in [0.29, 0.717) is 0 Å². The Hall–Kier alpha value is 1.61. The summed E-state index contributed by atoms with van der Waals surface area (Å²) in [5.74, 6) is 0. The fraction of sp³-hybridized carbons (Fsp3) is 1.00. The Kier molecular flexibility index (Phi) is 28.6. The molecule has 0 aromatic heterocycles. The summed E-state index contributed by atoms with van der Waals surface area (Å²) in [6, 6.07) is 0. The second kappa shape index (κ2) is 20.9. The van der Waals surface area contributed by atoms with Crippen molar-refractivity contribution in [1.82, 2.24) is 0 Å². The molecule has 0 aliphatic carbocycles. The molecule has 0 amide bonds. The molecule has 3 nitrogen and oxygen atoms in total. The number of halogens is 2. The molecule has 0 unspecified atom stereocenters. The summed E-state index contributed by atoms with van der Waals surface area (Å²) in [6.45, 7) is 6.00. The van der Waals surface area contributed by atoms with Crippen LogP contribution in [-0.2, 0) is 14.2 Å². The standard InChI is InChI=1S/3C4H8O.2BrH.Mg/c3*1-2-4-5-3-1;;;/h3*1-4H2;2*1H;/q;;;;;+2/p-2. The third kappa shape index (κ3) is 17.6. The number of hydrogen-bond acceptors (Lipinski definition) is 3. The summed E-state index contributed by atoms with van der Waals surface area (Å²) in [5.41, 5.74) is 0. The van der Waals surface area contributed by atoms with Gasteiger partial charge in [-0.05, 0) is 38.5 Å². The molecule has 106 valence electrons. The van der Waals surface area contributed by atoms with Crippen LogP contribution in [0, 0.1) is 0 Å². The average Bonchev–Trinajstić information content (AvgIpc) is 3.09. The number of rotatable bonds is 0. The van der Waals surface area contributed by atoms with Crippen LogP contribution in [0.1, 0.15) is 38.5 Å². The van der Waals surface area contributed by atoms with E-state index in [1.807, 2.05) is 0 Å². The predicted molar refractivity (Wildman–Crippen MR) is 65.9 cm³/mol. The molecule has 0 spiro atoms. The van der Waals surface area contributed by atoms with Crippen LogP contribution in [-0.4, -0.2) is 62.7 Å². The summed E-state index contributed by atoms with van der Waals surface area (Å²) >= 11 is 0. The van der Waals surface area contributed by atoms with E-state index in [1.165, 1.54) is 38.5 Å². The zero-order valence-electron chi connectivity index (χ0n) is 11.2. The largest absolute Gasteiger partial charge is 2.00 e. The first-order valence-corrected chi connectivity index (χ1v) is 6.23. The van der Waals surface area contributed by atoms with Gasteiger partial charge in [0.1, 0.15) is 0 Å². The van der Waals surface area contributed by atoms with Crippen molar-refractivity contribution in [3.63, 3.8) is 0 Å². The molecule has 0 atom stereocenters. The number of ether oxygens (including phenoxy) is 3. The minimum absolute atomic E-state index is 0. The van der Waals surface area contributed by atoms with Gasteiger partial charge in [-0.25, -0.2) is 0 Å². The van der Waals surface area contributed by atoms with E-state index in [4.69, 9.17) is 14.2 Å². The van der Waals surface area contributed by atoms with E-state index in [-0.39, 0.29) is 57.0 Å². The maximum atomic E-state index is 4.94. The summed E-state index contributed by atoms with van der Waals surface area (Å²) in [7, 11) is 0. The second-order valence-corrected chi connectivity index (χ2v) is 3.96. The van der Waals surface area contributed by atoms with Crippen molar-refractivity contribution < 1.29 is 48.2 Å². The van der Waals surface area contributed by atoms with Crippen LogP contribution in [0.25, 0.3) is 0 Å². The van der Waals surface area contributed by atoms with Crippen LogP contribution in [0.3, 0.4) is 0 Å². The van der Waals surface area contributed by atoms with Gasteiger partial charge >= 0.3 is 23.1 Å². The van der Waals surface area contributed by atoms with Crippen LogP contribution >= 0.6 is 0 Å². The van der Waals surface area contributed by atoms with Crippen molar-refractivity contribution in [3.05, 3.63) is 0 Å². The molecule has 3 saturated heterocycles. The number of hydrogen-bond donors (Lipinski definition) is 0. The summed E-state index contributed by atoms with van der Waals surface area (Å²) in [5, 5.41) is 0. The molecule has 6 heteroatoms. The molecule has 0 radical (unpaired) electrons. The summed E-state index contributed by atoms with van der Waals surface area (Å²) in [6.07, 6.45) is 7.67. The second-order valence-electron chi connectivity index (χ2n) is 3.96. The van der Waals surface area contributed by atoms with Gasteiger partial charge < -0.3 is 48.2 Å². The Morgan fingerprint density at radius 3 is 0.611 bits per heavy atom. The molecular formula is C12H24Br2MgO3. The van der Waals surface area contributed by atoms with Crippen molar-refractivity contribution in [2.75, 3.05) is 39.6 Å². The minimum Gasteiger partial charge on any atom is -1.00 e. The van der Waals surface area contributed by atoms with Crippen molar-refractivity contribution >= 4 is 23.1 Å². The van der Waals surface area contributed by atoms with Crippen LogP contribution in [0.5, 0.6) is 0 Å². The molecule has 0 bridgehead atoms. The Balaban J connectivity index is -0.000000173. The minimum atomic E-state index is 0. The smallest absolute Gasteiger partial charge is 1.00 e. The van der Waals surface area contributed by atoms with Gasteiger partial charge in [-0.2, -0.15) is 0 Å². The summed E-state index contributed by atoms with van der Waals surface area (Å²) < 4.78 is 14.8. The predicted octanol–water partition coefficient (Wildman–Crippen LogP) is -3.98. The molecule has 3 fully saturated rings. The maximum Gasteiger partial charge on any atom is 2.00 e. The van der Waals surface area contributed by atoms with Crippen LogP contribution in [0.2, 0.25) is 0 Å². The molecule has 0 N–H and O–H groups in total. The van der Waals surface area contributed by atoms with Gasteiger partial charge in [0, 0.05) is 39.6 Å². The molecular weight excluding hydrogens is 376 g/mol. The fourth-order valence-electron chi connectivity index (χ4n) is 1.53. The van der Waals surface area contributed by atoms with Gasteiger partial charge in [0.05, 0.1) is 0 Å². The molecule has 0 aromatic rings. The Morgan fingerprint density at radius 1 is 0.389 bits per heavy atom. The SMILES string of the molecule is C1CCOC1.C1CCOC1.C1CCOC1.[Br-].[Br-].[Mg+2]. The Bertz CT molecular complexity index is 83.9. The van der Waals surface area contributed by atoms with E-state index in [1.54, 1.807) is 0 Å². The van der Waals surface area contributed by atoms with E-state index < -0.39 is 0 Å². The normalized spacial score (nSPS) is 20.0. The molecule has 3 heterocycles. The van der Waals surface area contributed by atoms with E-state index in [9.17, 15) is 0 Å². The topological polar surface area (TPSA) is 27.7 Å². The van der Waals surface area contributed by atoms with E-state index >= 15 is 0 Å². The van der Waals surface area contributed by atoms with Gasteiger partial charge in [-0.15, -0.1) is 0 Å². The molecule has 18 heavy (non-hydrogen) atoms. The van der Waals surface area contributed by atoms with E-state index in [2.05, 4.69) is 0 Å². The van der Waals surface area contributed by atoms with Crippen LogP contribution < -0.4 is 34.0 Å². The average molecular weight is 400 g/mol. The first-order chi connectivity index (χ1) is 7.50. The van der Waals surface area contributed by atoms with Crippen molar-refractivity contribution in [2.24, 2.45) is 0 Å². The maximum absolute atomic E-state index is 4.94. The zero-order valence-corrected chi connectivity index (χ0v) is 15.8. The van der Waals surface area contributed by atoms with Crippen LogP contribution in [0.4, 0.5) is 0 Å². The van der Waals surface area contributed by atoms with Crippen molar-refractivity contribution in [3.8, 4) is 0 Å². The van der Waals surface area contributed by atoms with Crippen molar-refractivity contribution in [2.45, 2.75) is 38.5 Å². The Labute approximate surface area is 148 Å². The van der Waals surface area contributed by atoms with Gasteiger partial charge in [-0.3, -0.25) is 0 Å². The first kappa shape index (κ1) is 24.6. The molecule has 3 rings (SSSR count). The van der Waals surface area contributed by atoms with Gasteiger partial charge in [0.25, 0.3) is 0 Å². The van der Waals surface area contributed by atoms with Gasteiger partial charge in [0.15, 0.2) is 0 Å². The quantitative estimate of drug-likeness (QED) is 0.389. The summed E-state index contributed by atoms with van der Waals surface area (Å²) in [4.78, 5) is 0. The monoisotopic (exact) mass is 398 g/mol. The zero-order chi connectivity index (χ0) is 10.6. The van der Waals surface area contributed by atoms with Gasteiger partial charge in [-0.1, -0.05) is 0 Å². The Morgan fingerprint density at radius 2 is 0.556 bits per heavy atom. The fourth-order valence-corrected chi connectivity index (χ4v) is 1.53. The van der Waals surface area contributed by atoms with Gasteiger partial charge in [0.2, 0.25) is 0 Å². The third-order valence-electron chi connectivity index (χ3n) is 2.48. The third-order valence-corrected chi connectivity index (χ3v) is 2.48. The van der Waals surface area contributed by atoms with E-state index in [0.717, 1.165) is 39.6 Å². The van der Waals surface area contributed by atoms with Crippen LogP contribution in [0.15, 0.2) is 0 Å². The molecule has 3 aliphatic rings. The first-order valence-electron chi connectivity index (χ1n) is 6.23. The molecule has 0 saturated carbocycles. The molecule has 3 aliphatic heterocycles. The molecule has 0 aromatic carbocycles.